The quantitative estimate of drug-likeness (QED) is 0.435. The molecular weight excluding hydrogens is 358 g/mol. The van der Waals surface area contributed by atoms with Gasteiger partial charge in [-0.3, -0.25) is 9.69 Å². The SMILES string of the molecule is COc1ccccc1N1C(=O)/C(=C/c2ccc(SC)cc2)SC1=S. The van der Waals surface area contributed by atoms with Gasteiger partial charge in [0, 0.05) is 4.90 Å². The molecule has 2 aromatic carbocycles. The van der Waals surface area contributed by atoms with E-state index in [4.69, 9.17) is 17.0 Å². The molecule has 2 aromatic rings. The number of methoxy groups -OCH3 is 1. The number of ether oxygens (including phenoxy) is 1. The van der Waals surface area contributed by atoms with Gasteiger partial charge in [-0.15, -0.1) is 11.8 Å². The Labute approximate surface area is 155 Å². The minimum atomic E-state index is -0.122. The average Bonchev–Trinajstić information content (AvgIpc) is 2.89. The minimum Gasteiger partial charge on any atom is -0.495 e. The molecule has 0 radical (unpaired) electrons. The third-order valence-corrected chi connectivity index (χ3v) is 5.58. The summed E-state index contributed by atoms with van der Waals surface area (Å²) in [5.41, 5.74) is 1.65. The Bertz CT molecular complexity index is 815. The Hall–Kier alpha value is -1.76. The molecule has 0 bridgehead atoms. The second kappa shape index (κ2) is 7.42. The van der Waals surface area contributed by atoms with Crippen molar-refractivity contribution in [2.24, 2.45) is 0 Å². The maximum absolute atomic E-state index is 12.8. The Morgan fingerprint density at radius 2 is 1.88 bits per heavy atom. The monoisotopic (exact) mass is 373 g/mol. The van der Waals surface area contributed by atoms with Crippen molar-refractivity contribution in [1.82, 2.24) is 0 Å². The van der Waals surface area contributed by atoms with E-state index in [2.05, 4.69) is 0 Å². The number of rotatable bonds is 4. The normalized spacial score (nSPS) is 16.1. The lowest BCUT2D eigenvalue weighted by molar-refractivity contribution is -0.113. The minimum absolute atomic E-state index is 0.122. The maximum atomic E-state index is 12.8. The molecule has 24 heavy (non-hydrogen) atoms. The van der Waals surface area contributed by atoms with Crippen LogP contribution in [0, 0.1) is 0 Å². The number of amides is 1. The van der Waals surface area contributed by atoms with Crippen LogP contribution in [-0.4, -0.2) is 23.6 Å². The summed E-state index contributed by atoms with van der Waals surface area (Å²) in [4.78, 5) is 16.1. The number of nitrogens with zero attached hydrogens (tertiary/aromatic N) is 1. The molecule has 1 heterocycles. The predicted octanol–water partition coefficient (Wildman–Crippen LogP) is 4.82. The molecule has 0 unspecified atom stereocenters. The molecule has 1 amide bonds. The zero-order chi connectivity index (χ0) is 17.1. The van der Waals surface area contributed by atoms with Crippen LogP contribution in [0.5, 0.6) is 5.75 Å². The van der Waals surface area contributed by atoms with Crippen molar-refractivity contribution in [1.29, 1.82) is 0 Å². The first-order valence-corrected chi connectivity index (χ1v) is 9.64. The molecule has 3 rings (SSSR count). The first-order chi connectivity index (χ1) is 11.6. The van der Waals surface area contributed by atoms with Crippen LogP contribution >= 0.6 is 35.7 Å². The molecule has 0 aliphatic carbocycles. The van der Waals surface area contributed by atoms with E-state index in [0.29, 0.717) is 20.7 Å². The number of carbonyl (C=O) groups is 1. The highest BCUT2D eigenvalue weighted by atomic mass is 32.2. The zero-order valence-electron chi connectivity index (χ0n) is 13.2. The highest BCUT2D eigenvalue weighted by molar-refractivity contribution is 8.27. The molecule has 0 spiro atoms. The molecular formula is C18H15NO2S3. The predicted molar refractivity (Wildman–Crippen MR) is 107 cm³/mol. The van der Waals surface area contributed by atoms with Gasteiger partial charge in [0.25, 0.3) is 5.91 Å². The molecule has 0 atom stereocenters. The molecule has 0 aromatic heterocycles. The third-order valence-electron chi connectivity index (χ3n) is 3.53. The number of thioether (sulfide) groups is 2. The lowest BCUT2D eigenvalue weighted by atomic mass is 10.2. The molecule has 1 aliphatic heterocycles. The summed E-state index contributed by atoms with van der Waals surface area (Å²) in [5, 5.41) is 0. The molecule has 1 saturated heterocycles. The van der Waals surface area contributed by atoms with Crippen LogP contribution < -0.4 is 9.64 Å². The van der Waals surface area contributed by atoms with Gasteiger partial charge in [-0.25, -0.2) is 0 Å². The molecule has 0 N–H and O–H groups in total. The van der Waals surface area contributed by atoms with E-state index in [9.17, 15) is 4.79 Å². The van der Waals surface area contributed by atoms with Crippen molar-refractivity contribution in [3.8, 4) is 5.75 Å². The lowest BCUT2D eigenvalue weighted by Gasteiger charge is -2.17. The summed E-state index contributed by atoms with van der Waals surface area (Å²) < 4.78 is 5.86. The van der Waals surface area contributed by atoms with Crippen LogP contribution in [0.1, 0.15) is 5.56 Å². The third kappa shape index (κ3) is 3.36. The second-order valence-corrected chi connectivity index (χ2v) is 7.52. The summed E-state index contributed by atoms with van der Waals surface area (Å²) in [7, 11) is 1.58. The molecule has 3 nitrogen and oxygen atoms in total. The van der Waals surface area contributed by atoms with E-state index in [1.807, 2.05) is 60.9 Å². The largest absolute Gasteiger partial charge is 0.495 e. The molecule has 1 fully saturated rings. The van der Waals surface area contributed by atoms with E-state index in [-0.39, 0.29) is 5.91 Å². The van der Waals surface area contributed by atoms with Gasteiger partial charge in [0.15, 0.2) is 4.32 Å². The number of thiocarbonyl (C=S) groups is 1. The van der Waals surface area contributed by atoms with Gasteiger partial charge >= 0.3 is 0 Å². The van der Waals surface area contributed by atoms with E-state index >= 15 is 0 Å². The van der Waals surface area contributed by atoms with Gasteiger partial charge in [0.1, 0.15) is 5.75 Å². The second-order valence-electron chi connectivity index (χ2n) is 4.96. The van der Waals surface area contributed by atoms with E-state index < -0.39 is 0 Å². The van der Waals surface area contributed by atoms with Crippen molar-refractivity contribution in [2.75, 3.05) is 18.3 Å². The van der Waals surface area contributed by atoms with Gasteiger partial charge < -0.3 is 4.74 Å². The molecule has 0 saturated carbocycles. The Kier molecular flexibility index (Phi) is 5.28. The van der Waals surface area contributed by atoms with Crippen molar-refractivity contribution < 1.29 is 9.53 Å². The van der Waals surface area contributed by atoms with Crippen LogP contribution in [0.15, 0.2) is 58.3 Å². The number of benzene rings is 2. The van der Waals surface area contributed by atoms with Crippen molar-refractivity contribution >= 4 is 57.7 Å². The van der Waals surface area contributed by atoms with E-state index in [1.165, 1.54) is 21.6 Å². The van der Waals surface area contributed by atoms with Crippen molar-refractivity contribution in [3.05, 3.63) is 59.0 Å². The van der Waals surface area contributed by atoms with Gasteiger partial charge in [-0.05, 0) is 42.2 Å². The van der Waals surface area contributed by atoms with Gasteiger partial charge in [0.2, 0.25) is 0 Å². The number of carbonyl (C=O) groups excluding carboxylic acids is 1. The van der Waals surface area contributed by atoms with Crippen LogP contribution in [-0.2, 0) is 4.79 Å². The summed E-state index contributed by atoms with van der Waals surface area (Å²) in [6.45, 7) is 0. The maximum Gasteiger partial charge on any atom is 0.270 e. The first kappa shape index (κ1) is 17.1. The standard InChI is InChI=1S/C18H15NO2S3/c1-21-15-6-4-3-5-14(15)19-17(20)16(24-18(19)22)11-12-7-9-13(23-2)10-8-12/h3-11H,1-2H3/b16-11-. The van der Waals surface area contributed by atoms with Gasteiger partial charge in [-0.2, -0.15) is 0 Å². The highest BCUT2D eigenvalue weighted by Gasteiger charge is 2.34. The fourth-order valence-corrected chi connectivity index (χ4v) is 4.03. The summed E-state index contributed by atoms with van der Waals surface area (Å²) in [6.07, 6.45) is 3.91. The van der Waals surface area contributed by atoms with Crippen LogP contribution in [0.2, 0.25) is 0 Å². The van der Waals surface area contributed by atoms with Crippen LogP contribution in [0.25, 0.3) is 6.08 Å². The van der Waals surface area contributed by atoms with Crippen molar-refractivity contribution in [3.63, 3.8) is 0 Å². The molecule has 1 aliphatic rings. The Balaban J connectivity index is 1.92. The number of para-hydroxylation sites is 2. The number of hydrogen-bond acceptors (Lipinski definition) is 5. The topological polar surface area (TPSA) is 29.5 Å². The van der Waals surface area contributed by atoms with Crippen LogP contribution in [0.3, 0.4) is 0 Å². The summed E-state index contributed by atoms with van der Waals surface area (Å²) in [5.74, 6) is 0.503. The van der Waals surface area contributed by atoms with Crippen LogP contribution in [0.4, 0.5) is 5.69 Å². The Morgan fingerprint density at radius 3 is 2.54 bits per heavy atom. The smallest absolute Gasteiger partial charge is 0.270 e. The summed E-state index contributed by atoms with van der Waals surface area (Å²) in [6, 6.07) is 15.5. The summed E-state index contributed by atoms with van der Waals surface area (Å²) >= 11 is 8.40. The Morgan fingerprint density at radius 1 is 1.17 bits per heavy atom. The molecule has 122 valence electrons. The van der Waals surface area contributed by atoms with E-state index in [0.717, 1.165) is 5.56 Å². The lowest BCUT2D eigenvalue weighted by Crippen LogP contribution is -2.27. The van der Waals surface area contributed by atoms with E-state index in [1.54, 1.807) is 18.9 Å². The number of anilines is 1. The van der Waals surface area contributed by atoms with Gasteiger partial charge in [0.05, 0.1) is 17.7 Å². The van der Waals surface area contributed by atoms with Crippen molar-refractivity contribution in [2.45, 2.75) is 4.90 Å². The fourth-order valence-electron chi connectivity index (χ4n) is 2.34. The zero-order valence-corrected chi connectivity index (χ0v) is 15.6. The van der Waals surface area contributed by atoms with Gasteiger partial charge in [-0.1, -0.05) is 48.2 Å². The average molecular weight is 374 g/mol. The molecule has 6 heteroatoms. The first-order valence-electron chi connectivity index (χ1n) is 7.19. The highest BCUT2D eigenvalue weighted by Crippen LogP contribution is 2.39. The fraction of sp³-hybridized carbons (Fsp3) is 0.111. The number of hydrogen-bond donors (Lipinski definition) is 0.